The van der Waals surface area contributed by atoms with E-state index in [1.165, 1.54) is 44.9 Å². The first-order chi connectivity index (χ1) is 10.6. The summed E-state index contributed by atoms with van der Waals surface area (Å²) in [5.41, 5.74) is 0. The van der Waals surface area contributed by atoms with Crippen LogP contribution >= 0.6 is 11.8 Å². The van der Waals surface area contributed by atoms with Crippen molar-refractivity contribution in [2.45, 2.75) is 83.6 Å². The summed E-state index contributed by atoms with van der Waals surface area (Å²) >= 11 is 1.59. The molecule has 0 saturated heterocycles. The van der Waals surface area contributed by atoms with Gasteiger partial charge in [-0.25, -0.2) is 4.79 Å². The molecule has 0 aromatic rings. The summed E-state index contributed by atoms with van der Waals surface area (Å²) < 4.78 is 0. The van der Waals surface area contributed by atoms with Gasteiger partial charge in [-0.2, -0.15) is 11.8 Å². The molecule has 0 unspecified atom stereocenters. The van der Waals surface area contributed by atoms with Crippen molar-refractivity contribution < 1.29 is 45.7 Å². The van der Waals surface area contributed by atoms with Crippen molar-refractivity contribution in [1.29, 1.82) is 0 Å². The number of carbonyl (C=O) groups excluding carboxylic acids is 1. The van der Waals surface area contributed by atoms with Crippen LogP contribution in [0.3, 0.4) is 0 Å². The topological polar surface area (TPSA) is 66.4 Å². The number of carbonyl (C=O) groups is 2. The van der Waals surface area contributed by atoms with Gasteiger partial charge in [0, 0.05) is 6.42 Å². The molecule has 1 amide bonds. The van der Waals surface area contributed by atoms with E-state index >= 15 is 0 Å². The number of aliphatic carboxylic acids is 1. The Labute approximate surface area is 169 Å². The molecule has 4 nitrogen and oxygen atoms in total. The van der Waals surface area contributed by atoms with Crippen LogP contribution in [-0.4, -0.2) is 35.0 Å². The van der Waals surface area contributed by atoms with E-state index < -0.39 is 12.0 Å². The zero-order chi connectivity index (χ0) is 16.6. The second kappa shape index (κ2) is 18.6. The Balaban J connectivity index is -0.00000220. The number of nitrogens with one attached hydrogen (secondary N) is 1. The van der Waals surface area contributed by atoms with Crippen molar-refractivity contribution >= 4 is 23.6 Å². The van der Waals surface area contributed by atoms with Gasteiger partial charge >= 0.3 is 35.5 Å². The van der Waals surface area contributed by atoms with E-state index in [9.17, 15) is 9.59 Å². The molecule has 0 aliphatic heterocycles. The van der Waals surface area contributed by atoms with Crippen LogP contribution in [0.5, 0.6) is 0 Å². The number of carboxylic acids is 1. The molecule has 0 aromatic heterocycles. The number of unbranched alkanes of at least 4 members (excludes halogenated alkanes) is 8. The molecule has 0 fully saturated rings. The minimum atomic E-state index is -0.936. The van der Waals surface area contributed by atoms with E-state index in [0.29, 0.717) is 12.8 Å². The first kappa shape index (κ1) is 25.5. The number of rotatable bonds is 15. The van der Waals surface area contributed by atoms with Crippen molar-refractivity contribution in [3.8, 4) is 0 Å². The third kappa shape index (κ3) is 16.9. The van der Waals surface area contributed by atoms with Crippen molar-refractivity contribution in [2.24, 2.45) is 0 Å². The zero-order valence-electron chi connectivity index (χ0n) is 16.2. The summed E-state index contributed by atoms with van der Waals surface area (Å²) in [5.74, 6) is -0.319. The molecule has 0 aliphatic carbocycles. The fourth-order valence-electron chi connectivity index (χ4n) is 2.36. The molecule has 0 spiro atoms. The van der Waals surface area contributed by atoms with Gasteiger partial charge in [0.25, 0.3) is 0 Å². The average Bonchev–Trinajstić information content (AvgIpc) is 2.49. The molecule has 0 aromatic carbocycles. The Morgan fingerprint density at radius 1 is 1.04 bits per heavy atom. The molecule has 0 radical (unpaired) electrons. The Bertz CT molecular complexity index is 310. The first-order valence-corrected chi connectivity index (χ1v) is 10.0. The van der Waals surface area contributed by atoms with E-state index in [-0.39, 0.29) is 36.9 Å². The SMILES string of the molecule is CCCCCCCCCCCC(=O)N[C@@H](CCSC)C(=O)O.[H-].[Na+]. The van der Waals surface area contributed by atoms with Gasteiger partial charge in [-0.15, -0.1) is 0 Å². The van der Waals surface area contributed by atoms with Crippen molar-refractivity contribution in [3.63, 3.8) is 0 Å². The van der Waals surface area contributed by atoms with Crippen LogP contribution < -0.4 is 34.9 Å². The van der Waals surface area contributed by atoms with Crippen molar-refractivity contribution in [2.75, 3.05) is 12.0 Å². The molecular formula is C17H34NNaO3S. The Morgan fingerprint density at radius 3 is 2.04 bits per heavy atom. The van der Waals surface area contributed by atoms with Gasteiger partial charge in [-0.1, -0.05) is 58.3 Å². The van der Waals surface area contributed by atoms with E-state index in [2.05, 4.69) is 12.2 Å². The fourth-order valence-corrected chi connectivity index (χ4v) is 2.83. The minimum Gasteiger partial charge on any atom is -1.00 e. The third-order valence-corrected chi connectivity index (χ3v) is 4.40. The molecule has 23 heavy (non-hydrogen) atoms. The summed E-state index contributed by atoms with van der Waals surface area (Å²) in [4.78, 5) is 22.8. The van der Waals surface area contributed by atoms with Crippen LogP contribution in [0, 0.1) is 0 Å². The molecule has 0 aliphatic rings. The van der Waals surface area contributed by atoms with Gasteiger partial charge in [0.05, 0.1) is 0 Å². The summed E-state index contributed by atoms with van der Waals surface area (Å²) in [6.07, 6.45) is 13.8. The molecule has 6 heteroatoms. The van der Waals surface area contributed by atoms with E-state index in [0.717, 1.165) is 18.6 Å². The average molecular weight is 356 g/mol. The quantitative estimate of drug-likeness (QED) is 0.344. The minimum absolute atomic E-state index is 0. The second-order valence-electron chi connectivity index (χ2n) is 5.82. The van der Waals surface area contributed by atoms with Crippen LogP contribution in [0.25, 0.3) is 0 Å². The van der Waals surface area contributed by atoms with Gasteiger partial charge in [-0.3, -0.25) is 4.79 Å². The predicted molar refractivity (Wildman–Crippen MR) is 95.5 cm³/mol. The molecule has 0 saturated carbocycles. The number of hydrogen-bond donors (Lipinski definition) is 2. The zero-order valence-corrected chi connectivity index (χ0v) is 18.1. The molecule has 0 heterocycles. The summed E-state index contributed by atoms with van der Waals surface area (Å²) in [5, 5.41) is 11.7. The van der Waals surface area contributed by atoms with E-state index in [1.807, 2.05) is 6.26 Å². The largest absolute Gasteiger partial charge is 1.00 e. The van der Waals surface area contributed by atoms with Crippen LogP contribution in [-0.2, 0) is 9.59 Å². The van der Waals surface area contributed by atoms with Gasteiger partial charge in [-0.05, 0) is 24.9 Å². The van der Waals surface area contributed by atoms with Crippen LogP contribution in [0.1, 0.15) is 79.0 Å². The Morgan fingerprint density at radius 2 is 1.57 bits per heavy atom. The Kier molecular flexibility index (Phi) is 20.7. The smallest absolute Gasteiger partial charge is 1.00 e. The number of thioether (sulfide) groups is 1. The predicted octanol–water partition coefficient (Wildman–Crippen LogP) is 1.35. The molecule has 1 atom stereocenters. The molecule has 0 rings (SSSR count). The first-order valence-electron chi connectivity index (χ1n) is 8.63. The van der Waals surface area contributed by atoms with E-state index in [4.69, 9.17) is 5.11 Å². The van der Waals surface area contributed by atoms with Gasteiger partial charge < -0.3 is 11.8 Å². The van der Waals surface area contributed by atoms with E-state index in [1.54, 1.807) is 11.8 Å². The summed E-state index contributed by atoms with van der Waals surface area (Å²) in [7, 11) is 0. The molecular weight excluding hydrogens is 321 g/mol. The third-order valence-electron chi connectivity index (χ3n) is 3.75. The molecule has 2 N–H and O–H groups in total. The fraction of sp³-hybridized carbons (Fsp3) is 0.882. The number of amides is 1. The summed E-state index contributed by atoms with van der Waals surface area (Å²) in [6, 6.07) is -0.737. The Hall–Kier alpha value is 0.290. The molecule has 132 valence electrons. The normalized spacial score (nSPS) is 11.6. The number of hydrogen-bond acceptors (Lipinski definition) is 3. The monoisotopic (exact) mass is 355 g/mol. The van der Waals surface area contributed by atoms with Gasteiger partial charge in [0.15, 0.2) is 0 Å². The maximum atomic E-state index is 11.7. The van der Waals surface area contributed by atoms with Gasteiger partial charge in [0.1, 0.15) is 6.04 Å². The van der Waals surface area contributed by atoms with Gasteiger partial charge in [0.2, 0.25) is 5.91 Å². The standard InChI is InChI=1S/C17H33NO3S.Na.H/c1-3-4-5-6-7-8-9-10-11-12-16(19)18-15(17(20)21)13-14-22-2;;/h15H,3-14H2,1-2H3,(H,18,19)(H,20,21);;/q;+1;-1/t15-;;/m0../s1. The number of carboxylic acid groups (broad SMARTS) is 1. The van der Waals surface area contributed by atoms with Crippen molar-refractivity contribution in [3.05, 3.63) is 0 Å². The summed E-state index contributed by atoms with van der Waals surface area (Å²) in [6.45, 7) is 2.22. The van der Waals surface area contributed by atoms with Crippen LogP contribution in [0.4, 0.5) is 0 Å². The van der Waals surface area contributed by atoms with Crippen molar-refractivity contribution in [1.82, 2.24) is 5.32 Å². The molecule has 0 bridgehead atoms. The maximum Gasteiger partial charge on any atom is 1.00 e. The van der Waals surface area contributed by atoms with Crippen LogP contribution in [0.2, 0.25) is 0 Å². The second-order valence-corrected chi connectivity index (χ2v) is 6.80. The van der Waals surface area contributed by atoms with Crippen LogP contribution in [0.15, 0.2) is 0 Å². The maximum absolute atomic E-state index is 11.7.